The van der Waals surface area contributed by atoms with Crippen molar-refractivity contribution in [1.29, 1.82) is 0 Å². The lowest BCUT2D eigenvalue weighted by molar-refractivity contribution is -0.123. The highest BCUT2D eigenvalue weighted by Crippen LogP contribution is 2.43. The number of amides is 1. The lowest BCUT2D eigenvalue weighted by Crippen LogP contribution is -2.45. The Labute approximate surface area is 257 Å². The van der Waals surface area contributed by atoms with Gasteiger partial charge in [0.1, 0.15) is 0 Å². The van der Waals surface area contributed by atoms with Crippen molar-refractivity contribution in [2.45, 2.75) is 148 Å². The number of aliphatic hydroxyl groups excluding tert-OH is 1. The van der Waals surface area contributed by atoms with Gasteiger partial charge < -0.3 is 21.1 Å². The van der Waals surface area contributed by atoms with Crippen LogP contribution in [0.25, 0.3) is 0 Å². The summed E-state index contributed by atoms with van der Waals surface area (Å²) in [4.78, 5) is 22.4. The van der Waals surface area contributed by atoms with Crippen LogP contribution in [0.3, 0.4) is 0 Å². The number of aliphatic hydroxyl groups is 1. The molecule has 0 saturated carbocycles. The van der Waals surface area contributed by atoms with E-state index in [4.69, 9.17) is 14.8 Å². The lowest BCUT2D eigenvalue weighted by Gasteiger charge is -2.23. The van der Waals surface area contributed by atoms with Crippen molar-refractivity contribution in [3.05, 3.63) is 36.5 Å². The van der Waals surface area contributed by atoms with E-state index in [0.717, 1.165) is 64.2 Å². The monoisotopic (exact) mass is 614 g/mol. The average Bonchev–Trinajstić information content (AvgIpc) is 2.97. The Morgan fingerprint density at radius 2 is 1.29 bits per heavy atom. The molecule has 246 valence electrons. The summed E-state index contributed by atoms with van der Waals surface area (Å²) in [6.45, 7) is 4.01. The molecule has 5 N–H and O–H groups in total. The second-order valence-electron chi connectivity index (χ2n) is 11.0. The third-order valence-corrected chi connectivity index (χ3v) is 7.92. The zero-order valence-corrected chi connectivity index (χ0v) is 27.6. The van der Waals surface area contributed by atoms with E-state index in [1.807, 2.05) is 6.08 Å². The molecule has 8 nitrogen and oxygen atoms in total. The van der Waals surface area contributed by atoms with Gasteiger partial charge in [0.2, 0.25) is 5.91 Å². The fraction of sp³-hybridized carbons (Fsp3) is 0.788. The van der Waals surface area contributed by atoms with Gasteiger partial charge in [-0.1, -0.05) is 115 Å². The zero-order valence-electron chi connectivity index (χ0n) is 26.7. The number of nitrogens with one attached hydrogen (secondary N) is 1. The van der Waals surface area contributed by atoms with Crippen LogP contribution >= 0.6 is 7.82 Å². The van der Waals surface area contributed by atoms with Crippen LogP contribution in [-0.2, 0) is 18.4 Å². The van der Waals surface area contributed by atoms with Crippen molar-refractivity contribution in [3.8, 4) is 0 Å². The minimum absolute atomic E-state index is 0.0719. The number of rotatable bonds is 30. The van der Waals surface area contributed by atoms with E-state index in [1.54, 1.807) is 6.08 Å². The number of allylic oxidation sites excluding steroid dienone is 5. The summed E-state index contributed by atoms with van der Waals surface area (Å²) in [5.41, 5.74) is 5.33. The molecular formula is C33H63N2O6P. The second kappa shape index (κ2) is 29.8. The number of carbonyl (C=O) groups is 1. The van der Waals surface area contributed by atoms with Crippen LogP contribution in [-0.4, -0.2) is 47.8 Å². The predicted octanol–water partition coefficient (Wildman–Crippen LogP) is 8.04. The summed E-state index contributed by atoms with van der Waals surface area (Å²) in [7, 11) is -4.33. The Balaban J connectivity index is 4.50. The normalized spacial score (nSPS) is 15.1. The van der Waals surface area contributed by atoms with Crippen LogP contribution in [0.2, 0.25) is 0 Å². The van der Waals surface area contributed by atoms with E-state index in [2.05, 4.69) is 43.5 Å². The van der Waals surface area contributed by atoms with Crippen LogP contribution in [0.1, 0.15) is 136 Å². The van der Waals surface area contributed by atoms with Gasteiger partial charge in [0.15, 0.2) is 0 Å². The Bertz CT molecular complexity index is 759. The van der Waals surface area contributed by atoms with Gasteiger partial charge in [-0.15, -0.1) is 0 Å². The molecule has 0 fully saturated rings. The van der Waals surface area contributed by atoms with E-state index in [-0.39, 0.29) is 25.7 Å². The molecule has 9 heteroatoms. The lowest BCUT2D eigenvalue weighted by atomic mass is 10.1. The maximum Gasteiger partial charge on any atom is 0.472 e. The molecule has 0 aliphatic carbocycles. The van der Waals surface area contributed by atoms with Crippen molar-refractivity contribution in [2.24, 2.45) is 5.73 Å². The highest BCUT2D eigenvalue weighted by molar-refractivity contribution is 7.47. The van der Waals surface area contributed by atoms with E-state index in [0.29, 0.717) is 6.42 Å². The summed E-state index contributed by atoms with van der Waals surface area (Å²) in [5.74, 6) is -0.219. The number of phosphoric ester groups is 1. The highest BCUT2D eigenvalue weighted by atomic mass is 31.2. The number of carbonyl (C=O) groups excluding carboxylic acids is 1. The quantitative estimate of drug-likeness (QED) is 0.0366. The third-order valence-electron chi connectivity index (χ3n) is 6.94. The van der Waals surface area contributed by atoms with Gasteiger partial charge in [0, 0.05) is 13.0 Å². The van der Waals surface area contributed by atoms with Gasteiger partial charge in [-0.05, 0) is 51.4 Å². The molecule has 0 aliphatic heterocycles. The van der Waals surface area contributed by atoms with Crippen LogP contribution in [0.5, 0.6) is 0 Å². The summed E-state index contributed by atoms with van der Waals surface area (Å²) in [5, 5.41) is 13.5. The molecule has 1 amide bonds. The van der Waals surface area contributed by atoms with Gasteiger partial charge in [-0.2, -0.15) is 0 Å². The number of hydrogen-bond acceptors (Lipinski definition) is 6. The summed E-state index contributed by atoms with van der Waals surface area (Å²) in [6, 6.07) is -0.876. The van der Waals surface area contributed by atoms with Crippen molar-refractivity contribution in [3.63, 3.8) is 0 Å². The number of hydrogen-bond donors (Lipinski definition) is 4. The number of nitrogens with two attached hydrogens (primary N) is 1. The molecule has 0 bridgehead atoms. The first-order valence-electron chi connectivity index (χ1n) is 16.6. The summed E-state index contributed by atoms with van der Waals surface area (Å²) < 4.78 is 21.9. The smallest absolute Gasteiger partial charge is 0.387 e. The van der Waals surface area contributed by atoms with E-state index in [9.17, 15) is 19.4 Å². The number of unbranched alkanes of at least 4 members (excludes halogenated alkanes) is 14. The predicted molar refractivity (Wildman–Crippen MR) is 175 cm³/mol. The molecule has 0 spiro atoms. The molecule has 0 heterocycles. The maximum absolute atomic E-state index is 12.6. The fourth-order valence-corrected chi connectivity index (χ4v) is 5.12. The molecule has 0 aromatic carbocycles. The van der Waals surface area contributed by atoms with E-state index < -0.39 is 20.0 Å². The van der Waals surface area contributed by atoms with Crippen LogP contribution < -0.4 is 11.1 Å². The van der Waals surface area contributed by atoms with Crippen LogP contribution in [0.4, 0.5) is 0 Å². The first-order valence-corrected chi connectivity index (χ1v) is 18.1. The summed E-state index contributed by atoms with van der Waals surface area (Å²) in [6.07, 6.45) is 31.9. The molecule has 0 aromatic rings. The largest absolute Gasteiger partial charge is 0.472 e. The SMILES string of the molecule is CCCC/C=C\CCCCCCCC(=O)NC(COP(=O)(O)OCCN)C(O)/C=C/CC/C=C/CCCCCCCC. The van der Waals surface area contributed by atoms with Gasteiger partial charge in [-0.3, -0.25) is 13.8 Å². The average molecular weight is 615 g/mol. The molecule has 0 aromatic heterocycles. The Hall–Kier alpha value is -1.28. The standard InChI is InChI=1S/C33H63N2O6P/c1-3-5-7-9-11-13-15-17-18-20-22-24-26-32(36)31(30-41-42(38,39)40-29-28-34)35-33(37)27-25-23-21-19-16-14-12-10-8-6-4-2/h10,12,17-18,24,26,31-32,36H,3-9,11,13-16,19-23,25,27-30,34H2,1-2H3,(H,35,37)(H,38,39)/b12-10-,18-17+,26-24+. The molecule has 0 radical (unpaired) electrons. The van der Waals surface area contributed by atoms with Crippen molar-refractivity contribution >= 4 is 13.7 Å². The molecule has 42 heavy (non-hydrogen) atoms. The summed E-state index contributed by atoms with van der Waals surface area (Å²) >= 11 is 0. The van der Waals surface area contributed by atoms with Gasteiger partial charge >= 0.3 is 7.82 Å². The first kappa shape index (κ1) is 40.7. The molecule has 0 rings (SSSR count). The molecule has 0 aliphatic rings. The Kier molecular flexibility index (Phi) is 28.9. The fourth-order valence-electron chi connectivity index (χ4n) is 4.36. The Morgan fingerprint density at radius 3 is 1.90 bits per heavy atom. The second-order valence-corrected chi connectivity index (χ2v) is 12.5. The highest BCUT2D eigenvalue weighted by Gasteiger charge is 2.26. The van der Waals surface area contributed by atoms with Crippen molar-refractivity contribution in [2.75, 3.05) is 19.8 Å². The van der Waals surface area contributed by atoms with Crippen molar-refractivity contribution < 1.29 is 28.4 Å². The first-order chi connectivity index (χ1) is 20.4. The van der Waals surface area contributed by atoms with Gasteiger partial charge in [0.25, 0.3) is 0 Å². The Morgan fingerprint density at radius 1 is 0.762 bits per heavy atom. The third kappa shape index (κ3) is 27.5. The van der Waals surface area contributed by atoms with Gasteiger partial charge in [0.05, 0.1) is 25.4 Å². The molecular weight excluding hydrogens is 551 g/mol. The minimum atomic E-state index is -4.33. The molecule has 0 saturated heterocycles. The maximum atomic E-state index is 12.6. The van der Waals surface area contributed by atoms with Crippen LogP contribution in [0, 0.1) is 0 Å². The molecule has 3 unspecified atom stereocenters. The topological polar surface area (TPSA) is 131 Å². The van der Waals surface area contributed by atoms with E-state index in [1.165, 1.54) is 51.4 Å². The van der Waals surface area contributed by atoms with Crippen LogP contribution in [0.15, 0.2) is 36.5 Å². The van der Waals surface area contributed by atoms with Gasteiger partial charge in [-0.25, -0.2) is 4.57 Å². The van der Waals surface area contributed by atoms with E-state index >= 15 is 0 Å². The minimum Gasteiger partial charge on any atom is -0.387 e. The number of phosphoric acid groups is 1. The molecule has 3 atom stereocenters. The van der Waals surface area contributed by atoms with Crippen molar-refractivity contribution in [1.82, 2.24) is 5.32 Å². The zero-order chi connectivity index (χ0) is 31.2.